The third kappa shape index (κ3) is 4.06. The van der Waals surface area contributed by atoms with Gasteiger partial charge in [0.05, 0.1) is 11.9 Å². The van der Waals surface area contributed by atoms with Gasteiger partial charge in [0.15, 0.2) is 5.82 Å². The summed E-state index contributed by atoms with van der Waals surface area (Å²) < 4.78 is 13.1. The fourth-order valence-corrected chi connectivity index (χ4v) is 1.15. The van der Waals surface area contributed by atoms with Crippen molar-refractivity contribution in [2.75, 3.05) is 5.32 Å². The second-order valence-corrected chi connectivity index (χ2v) is 4.64. The van der Waals surface area contributed by atoms with E-state index >= 15 is 0 Å². The molecule has 82 valence electrons. The maximum absolute atomic E-state index is 13.1. The molecule has 15 heavy (non-hydrogen) atoms. The Morgan fingerprint density at radius 1 is 1.53 bits per heavy atom. The molecule has 4 heteroatoms. The number of nitrogens with one attached hydrogen (secondary N) is 1. The minimum absolute atomic E-state index is 0.104. The zero-order chi connectivity index (χ0) is 11.5. The highest BCUT2D eigenvalue weighted by atomic mass is 19.1. The number of hydrogen-bond acceptors (Lipinski definition) is 2. The molecule has 0 aliphatic rings. The van der Waals surface area contributed by atoms with Crippen molar-refractivity contribution < 1.29 is 9.18 Å². The van der Waals surface area contributed by atoms with Gasteiger partial charge < -0.3 is 5.32 Å². The van der Waals surface area contributed by atoms with Crippen LogP contribution in [0.1, 0.15) is 27.2 Å². The Kier molecular flexibility index (Phi) is 3.39. The van der Waals surface area contributed by atoms with Crippen LogP contribution >= 0.6 is 0 Å². The van der Waals surface area contributed by atoms with Crippen LogP contribution in [0.5, 0.6) is 0 Å². The van der Waals surface area contributed by atoms with Crippen molar-refractivity contribution in [2.45, 2.75) is 27.2 Å². The first-order valence-electron chi connectivity index (χ1n) is 4.78. The number of carbonyl (C=O) groups excluding carboxylic acids is 1. The fraction of sp³-hybridized carbons (Fsp3) is 0.455. The Hall–Kier alpha value is -1.45. The van der Waals surface area contributed by atoms with E-state index in [0.29, 0.717) is 6.42 Å². The summed E-state index contributed by atoms with van der Waals surface area (Å²) >= 11 is 0. The van der Waals surface area contributed by atoms with E-state index in [1.807, 2.05) is 20.8 Å². The Morgan fingerprint density at radius 3 is 2.73 bits per heavy atom. The lowest BCUT2D eigenvalue weighted by Crippen LogP contribution is -2.20. The number of aromatic nitrogens is 1. The second kappa shape index (κ2) is 4.38. The van der Waals surface area contributed by atoms with Crippen LogP contribution in [0.4, 0.5) is 10.1 Å². The highest BCUT2D eigenvalue weighted by Gasteiger charge is 2.16. The molecule has 0 aliphatic carbocycles. The first kappa shape index (κ1) is 11.6. The van der Waals surface area contributed by atoms with Gasteiger partial charge in [-0.05, 0) is 11.5 Å². The summed E-state index contributed by atoms with van der Waals surface area (Å²) in [6, 6.07) is 1.44. The number of rotatable bonds is 2. The van der Waals surface area contributed by atoms with Crippen LogP contribution in [0.2, 0.25) is 0 Å². The van der Waals surface area contributed by atoms with E-state index in [0.717, 1.165) is 6.20 Å². The molecule has 1 rings (SSSR count). The molecule has 0 radical (unpaired) electrons. The molecule has 0 saturated heterocycles. The molecule has 0 aromatic carbocycles. The van der Waals surface area contributed by atoms with Crippen LogP contribution in [0.15, 0.2) is 18.5 Å². The van der Waals surface area contributed by atoms with E-state index in [1.165, 1.54) is 12.3 Å². The van der Waals surface area contributed by atoms with Gasteiger partial charge in [-0.3, -0.25) is 9.78 Å². The average molecular weight is 210 g/mol. The lowest BCUT2D eigenvalue weighted by molar-refractivity contribution is -0.117. The van der Waals surface area contributed by atoms with Gasteiger partial charge in [0.2, 0.25) is 5.91 Å². The molecule has 1 aromatic heterocycles. The van der Waals surface area contributed by atoms with Crippen molar-refractivity contribution in [3.05, 3.63) is 24.3 Å². The summed E-state index contributed by atoms with van der Waals surface area (Å²) in [4.78, 5) is 15.1. The van der Waals surface area contributed by atoms with Crippen LogP contribution < -0.4 is 5.32 Å². The van der Waals surface area contributed by atoms with Crippen LogP contribution in [0.25, 0.3) is 0 Å². The standard InChI is InChI=1S/C11H15FN2O/c1-11(2,3)6-10(15)14-9-4-5-13-7-8(9)12/h4-5,7H,6H2,1-3H3,(H,13,14,15). The van der Waals surface area contributed by atoms with Crippen molar-refractivity contribution in [1.29, 1.82) is 0 Å². The zero-order valence-corrected chi connectivity index (χ0v) is 9.17. The molecule has 1 N–H and O–H groups in total. The molecule has 1 aromatic rings. The molecule has 0 atom stereocenters. The smallest absolute Gasteiger partial charge is 0.224 e. The van der Waals surface area contributed by atoms with Crippen LogP contribution in [0.3, 0.4) is 0 Å². The summed E-state index contributed by atoms with van der Waals surface area (Å²) in [6.07, 6.45) is 2.87. The predicted octanol–water partition coefficient (Wildman–Crippen LogP) is 2.60. The molecule has 1 amide bonds. The van der Waals surface area contributed by atoms with Crippen molar-refractivity contribution >= 4 is 11.6 Å². The van der Waals surface area contributed by atoms with E-state index in [1.54, 1.807) is 0 Å². The normalized spacial score (nSPS) is 11.2. The van der Waals surface area contributed by atoms with Gasteiger partial charge in [-0.1, -0.05) is 20.8 Å². The first-order chi connectivity index (χ1) is 6.88. The largest absolute Gasteiger partial charge is 0.323 e. The molecule has 0 fully saturated rings. The van der Waals surface area contributed by atoms with Crippen molar-refractivity contribution in [2.24, 2.45) is 5.41 Å². The summed E-state index contributed by atoms with van der Waals surface area (Å²) in [5.74, 6) is -0.702. The average Bonchev–Trinajstić information content (AvgIpc) is 2.05. The van der Waals surface area contributed by atoms with Gasteiger partial charge in [0, 0.05) is 12.6 Å². The van der Waals surface area contributed by atoms with Crippen molar-refractivity contribution in [3.63, 3.8) is 0 Å². The third-order valence-electron chi connectivity index (χ3n) is 1.74. The number of halogens is 1. The lowest BCUT2D eigenvalue weighted by atomic mass is 9.92. The third-order valence-corrected chi connectivity index (χ3v) is 1.74. The highest BCUT2D eigenvalue weighted by Crippen LogP contribution is 2.20. The molecule has 0 bridgehead atoms. The predicted molar refractivity (Wildman–Crippen MR) is 56.9 cm³/mol. The summed E-state index contributed by atoms with van der Waals surface area (Å²) in [6.45, 7) is 5.86. The number of anilines is 1. The van der Waals surface area contributed by atoms with Gasteiger partial charge >= 0.3 is 0 Å². The Labute approximate surface area is 88.7 Å². The molecule has 0 unspecified atom stereocenters. The Morgan fingerprint density at radius 2 is 2.20 bits per heavy atom. The summed E-state index contributed by atoms with van der Waals surface area (Å²) in [5, 5.41) is 2.51. The van der Waals surface area contributed by atoms with Crippen LogP contribution in [0, 0.1) is 11.2 Å². The zero-order valence-electron chi connectivity index (χ0n) is 9.17. The van der Waals surface area contributed by atoms with E-state index in [2.05, 4.69) is 10.3 Å². The maximum Gasteiger partial charge on any atom is 0.224 e. The number of nitrogens with zero attached hydrogens (tertiary/aromatic N) is 1. The quantitative estimate of drug-likeness (QED) is 0.815. The highest BCUT2D eigenvalue weighted by molar-refractivity contribution is 5.91. The molecule has 0 saturated carbocycles. The van der Waals surface area contributed by atoms with Gasteiger partial charge in [-0.2, -0.15) is 0 Å². The first-order valence-corrected chi connectivity index (χ1v) is 4.78. The lowest BCUT2D eigenvalue weighted by Gasteiger charge is -2.17. The number of amides is 1. The van der Waals surface area contributed by atoms with Crippen molar-refractivity contribution in [1.82, 2.24) is 4.98 Å². The molecule has 0 aliphatic heterocycles. The van der Waals surface area contributed by atoms with Gasteiger partial charge in [0.25, 0.3) is 0 Å². The van der Waals surface area contributed by atoms with E-state index in [4.69, 9.17) is 0 Å². The fourth-order valence-electron chi connectivity index (χ4n) is 1.15. The maximum atomic E-state index is 13.1. The second-order valence-electron chi connectivity index (χ2n) is 4.64. The number of pyridine rings is 1. The monoisotopic (exact) mass is 210 g/mol. The minimum Gasteiger partial charge on any atom is -0.323 e. The van der Waals surface area contributed by atoms with Crippen LogP contribution in [-0.2, 0) is 4.79 Å². The Balaban J connectivity index is 2.64. The SMILES string of the molecule is CC(C)(C)CC(=O)Nc1ccncc1F. The van der Waals surface area contributed by atoms with Gasteiger partial charge in [0.1, 0.15) is 0 Å². The molecule has 3 nitrogen and oxygen atoms in total. The minimum atomic E-state index is -0.514. The number of carbonyl (C=O) groups is 1. The molecular formula is C11H15FN2O. The van der Waals surface area contributed by atoms with E-state index in [-0.39, 0.29) is 17.0 Å². The molecule has 0 spiro atoms. The molecule has 1 heterocycles. The summed E-state index contributed by atoms with van der Waals surface area (Å²) in [5.41, 5.74) is 0.0763. The van der Waals surface area contributed by atoms with E-state index in [9.17, 15) is 9.18 Å². The van der Waals surface area contributed by atoms with Gasteiger partial charge in [-0.15, -0.1) is 0 Å². The topological polar surface area (TPSA) is 42.0 Å². The summed E-state index contributed by atoms with van der Waals surface area (Å²) in [7, 11) is 0. The van der Waals surface area contributed by atoms with Crippen molar-refractivity contribution in [3.8, 4) is 0 Å². The Bertz CT molecular complexity index is 358. The van der Waals surface area contributed by atoms with Gasteiger partial charge in [-0.25, -0.2) is 4.39 Å². The number of hydrogen-bond donors (Lipinski definition) is 1. The molecular weight excluding hydrogens is 195 g/mol. The van der Waals surface area contributed by atoms with E-state index < -0.39 is 5.82 Å². The van der Waals surface area contributed by atoms with Crippen LogP contribution in [-0.4, -0.2) is 10.9 Å².